The molecule has 1 fully saturated rings. The van der Waals surface area contributed by atoms with Gasteiger partial charge in [0.2, 0.25) is 11.8 Å². The first-order valence-corrected chi connectivity index (χ1v) is 11.4. The van der Waals surface area contributed by atoms with Crippen molar-refractivity contribution < 1.29 is 33.2 Å². The van der Waals surface area contributed by atoms with Crippen LogP contribution >= 0.6 is 0 Å². The van der Waals surface area contributed by atoms with E-state index in [4.69, 9.17) is 14.0 Å². The van der Waals surface area contributed by atoms with Gasteiger partial charge in [-0.15, -0.1) is 0 Å². The molecular formula is C23H36N4O7. The van der Waals surface area contributed by atoms with Crippen LogP contribution in [0.4, 0.5) is 0 Å². The monoisotopic (exact) mass is 480 g/mol. The molecule has 3 N–H and O–H groups in total. The van der Waals surface area contributed by atoms with Crippen LogP contribution < -0.4 is 16.0 Å². The SMILES string of the molecule is COCC(NC(=O)c1cc(C)on1)C(=O)NC(C(=O)NC(CC(C)C)C(=O)[C@@]1(C)CO1)C(C)C. The Kier molecular flexibility index (Phi) is 9.34. The summed E-state index contributed by atoms with van der Waals surface area (Å²) < 4.78 is 15.2. The molecule has 0 aliphatic carbocycles. The van der Waals surface area contributed by atoms with Crippen molar-refractivity contribution in [1.29, 1.82) is 0 Å². The maximum Gasteiger partial charge on any atom is 0.274 e. The number of nitrogens with one attached hydrogen (secondary N) is 3. The van der Waals surface area contributed by atoms with Gasteiger partial charge in [-0.1, -0.05) is 32.9 Å². The predicted molar refractivity (Wildman–Crippen MR) is 122 cm³/mol. The number of carbonyl (C=O) groups is 4. The number of Topliss-reactive ketones (excluding diaryl/α,β-unsaturated/α-hetero) is 1. The van der Waals surface area contributed by atoms with Crippen LogP contribution in [0.15, 0.2) is 10.6 Å². The number of hydrogen-bond donors (Lipinski definition) is 3. The van der Waals surface area contributed by atoms with Gasteiger partial charge in [0.25, 0.3) is 5.91 Å². The number of ketones is 1. The van der Waals surface area contributed by atoms with Gasteiger partial charge in [0.05, 0.1) is 19.3 Å². The molecule has 3 unspecified atom stereocenters. The van der Waals surface area contributed by atoms with Crippen molar-refractivity contribution in [3.8, 4) is 0 Å². The smallest absolute Gasteiger partial charge is 0.274 e. The van der Waals surface area contributed by atoms with E-state index in [1.807, 2.05) is 13.8 Å². The Morgan fingerprint density at radius 3 is 2.21 bits per heavy atom. The second-order valence-corrected chi connectivity index (χ2v) is 9.61. The second kappa shape index (κ2) is 11.6. The third-order valence-corrected chi connectivity index (χ3v) is 5.50. The fourth-order valence-corrected chi connectivity index (χ4v) is 3.43. The van der Waals surface area contributed by atoms with Gasteiger partial charge in [-0.25, -0.2) is 0 Å². The van der Waals surface area contributed by atoms with Crippen LogP contribution in [0.2, 0.25) is 0 Å². The van der Waals surface area contributed by atoms with Crippen molar-refractivity contribution in [2.24, 2.45) is 11.8 Å². The summed E-state index contributed by atoms with van der Waals surface area (Å²) in [5.41, 5.74) is -0.855. The minimum absolute atomic E-state index is 0.0235. The van der Waals surface area contributed by atoms with E-state index in [0.29, 0.717) is 18.8 Å². The molecule has 0 saturated carbocycles. The lowest BCUT2D eigenvalue weighted by atomic mass is 9.92. The normalized spacial score (nSPS) is 19.9. The van der Waals surface area contributed by atoms with Crippen molar-refractivity contribution in [2.75, 3.05) is 20.3 Å². The van der Waals surface area contributed by atoms with Crippen LogP contribution in [0.1, 0.15) is 57.3 Å². The quantitative estimate of drug-likeness (QED) is 0.350. The van der Waals surface area contributed by atoms with Crippen molar-refractivity contribution in [2.45, 2.75) is 71.7 Å². The van der Waals surface area contributed by atoms with E-state index in [1.165, 1.54) is 13.2 Å². The lowest BCUT2D eigenvalue weighted by molar-refractivity contribution is -0.134. The molecule has 1 aliphatic rings. The van der Waals surface area contributed by atoms with Gasteiger partial charge in [0.1, 0.15) is 23.4 Å². The van der Waals surface area contributed by atoms with Crippen molar-refractivity contribution >= 4 is 23.5 Å². The number of ether oxygens (including phenoxy) is 2. The van der Waals surface area contributed by atoms with E-state index in [0.717, 1.165) is 0 Å². The first-order valence-electron chi connectivity index (χ1n) is 11.4. The maximum absolute atomic E-state index is 13.1. The van der Waals surface area contributed by atoms with E-state index >= 15 is 0 Å². The third-order valence-electron chi connectivity index (χ3n) is 5.50. The lowest BCUT2D eigenvalue weighted by Gasteiger charge is -2.28. The largest absolute Gasteiger partial charge is 0.382 e. The van der Waals surface area contributed by atoms with E-state index in [9.17, 15) is 19.2 Å². The standard InChI is InChI=1S/C23H36N4O7/c1-12(2)8-15(19(28)23(6)11-33-23)24-22(31)18(13(3)4)26-21(30)17(10-32-7)25-20(29)16-9-14(5)34-27-16/h9,12-13,15,17-18H,8,10-11H2,1-7H3,(H,24,31)(H,25,29)(H,26,30)/t15?,17?,18?,23-/m1/s1. The number of methoxy groups -OCH3 is 1. The topological polar surface area (TPSA) is 152 Å². The zero-order chi connectivity index (χ0) is 25.6. The highest BCUT2D eigenvalue weighted by molar-refractivity contribution is 5.99. The molecule has 1 aromatic rings. The fraction of sp³-hybridized carbons (Fsp3) is 0.696. The number of rotatable bonds is 13. The van der Waals surface area contributed by atoms with Gasteiger partial charge < -0.3 is 29.9 Å². The Morgan fingerprint density at radius 1 is 1.09 bits per heavy atom. The van der Waals surface area contributed by atoms with E-state index in [-0.39, 0.29) is 29.9 Å². The molecule has 0 bridgehead atoms. The summed E-state index contributed by atoms with van der Waals surface area (Å²) in [5, 5.41) is 11.7. The predicted octanol–water partition coefficient (Wildman–Crippen LogP) is 0.758. The van der Waals surface area contributed by atoms with Gasteiger partial charge in [-0.05, 0) is 32.1 Å². The number of amides is 3. The number of nitrogens with zero attached hydrogens (tertiary/aromatic N) is 1. The Labute approximate surface area is 199 Å². The molecule has 0 aromatic carbocycles. The zero-order valence-corrected chi connectivity index (χ0v) is 20.9. The third kappa shape index (κ3) is 7.36. The molecule has 0 spiro atoms. The Morgan fingerprint density at radius 2 is 1.74 bits per heavy atom. The number of aromatic nitrogens is 1. The van der Waals surface area contributed by atoms with E-state index in [1.54, 1.807) is 27.7 Å². The first-order chi connectivity index (χ1) is 15.9. The molecule has 1 aliphatic heterocycles. The van der Waals surface area contributed by atoms with Gasteiger partial charge in [-0.2, -0.15) is 0 Å². The van der Waals surface area contributed by atoms with Crippen LogP contribution in [0.5, 0.6) is 0 Å². The summed E-state index contributed by atoms with van der Waals surface area (Å²) in [4.78, 5) is 51.4. The number of epoxide rings is 1. The van der Waals surface area contributed by atoms with Crippen molar-refractivity contribution in [3.63, 3.8) is 0 Å². The molecule has 0 radical (unpaired) electrons. The molecule has 2 heterocycles. The summed E-state index contributed by atoms with van der Waals surface area (Å²) in [7, 11) is 1.39. The second-order valence-electron chi connectivity index (χ2n) is 9.61. The Balaban J connectivity index is 2.10. The summed E-state index contributed by atoms with van der Waals surface area (Å²) in [6, 6.07) is -1.30. The minimum Gasteiger partial charge on any atom is -0.382 e. The average Bonchev–Trinajstić information content (AvgIpc) is 3.35. The molecule has 11 nitrogen and oxygen atoms in total. The van der Waals surface area contributed by atoms with Crippen LogP contribution in [0, 0.1) is 18.8 Å². The molecular weight excluding hydrogens is 444 g/mol. The number of aryl methyl sites for hydroxylation is 1. The summed E-state index contributed by atoms with van der Waals surface area (Å²) in [5.74, 6) is -1.57. The maximum atomic E-state index is 13.1. The molecule has 11 heteroatoms. The van der Waals surface area contributed by atoms with Crippen LogP contribution in [-0.4, -0.2) is 72.7 Å². The molecule has 3 amide bonds. The van der Waals surface area contributed by atoms with Gasteiger partial charge in [0, 0.05) is 13.2 Å². The van der Waals surface area contributed by atoms with E-state index < -0.39 is 41.4 Å². The molecule has 2 rings (SSSR count). The van der Waals surface area contributed by atoms with Gasteiger partial charge in [-0.3, -0.25) is 19.2 Å². The Bertz CT molecular complexity index is 892. The molecule has 1 aromatic heterocycles. The number of hydrogen-bond acceptors (Lipinski definition) is 8. The van der Waals surface area contributed by atoms with Gasteiger partial charge in [0.15, 0.2) is 11.5 Å². The van der Waals surface area contributed by atoms with Crippen LogP contribution in [0.3, 0.4) is 0 Å². The van der Waals surface area contributed by atoms with Crippen LogP contribution in [-0.2, 0) is 23.9 Å². The fourth-order valence-electron chi connectivity index (χ4n) is 3.43. The molecule has 190 valence electrons. The average molecular weight is 481 g/mol. The van der Waals surface area contributed by atoms with E-state index in [2.05, 4.69) is 21.1 Å². The molecule has 34 heavy (non-hydrogen) atoms. The van der Waals surface area contributed by atoms with Crippen molar-refractivity contribution in [3.05, 3.63) is 17.5 Å². The highest BCUT2D eigenvalue weighted by Gasteiger charge is 2.50. The van der Waals surface area contributed by atoms with Gasteiger partial charge >= 0.3 is 0 Å². The highest BCUT2D eigenvalue weighted by atomic mass is 16.6. The summed E-state index contributed by atoms with van der Waals surface area (Å²) in [6.07, 6.45) is 0.446. The minimum atomic E-state index is -1.07. The number of carbonyl (C=O) groups excluding carboxylic acids is 4. The summed E-state index contributed by atoms with van der Waals surface area (Å²) in [6.45, 7) is 11.0. The zero-order valence-electron chi connectivity index (χ0n) is 20.9. The lowest BCUT2D eigenvalue weighted by Crippen LogP contribution is -2.59. The first kappa shape index (κ1) is 27.5. The Hall–Kier alpha value is -2.79. The summed E-state index contributed by atoms with van der Waals surface area (Å²) >= 11 is 0. The van der Waals surface area contributed by atoms with Crippen LogP contribution in [0.25, 0.3) is 0 Å². The van der Waals surface area contributed by atoms with Crippen molar-refractivity contribution in [1.82, 2.24) is 21.1 Å². The highest BCUT2D eigenvalue weighted by Crippen LogP contribution is 2.29. The molecule has 4 atom stereocenters. The molecule has 1 saturated heterocycles.